The largest absolute Gasteiger partial charge is 0.383 e. The lowest BCUT2D eigenvalue weighted by Crippen LogP contribution is -2.29. The van der Waals surface area contributed by atoms with E-state index in [1.165, 1.54) is 0 Å². The Labute approximate surface area is 143 Å². The maximum atomic E-state index is 9.66. The Morgan fingerprint density at radius 2 is 2.29 bits per heavy atom. The number of nitrogens with zero attached hydrogens (tertiary/aromatic N) is 4. The quantitative estimate of drug-likeness (QED) is 0.746. The standard InChI is InChI=1S/C17H16N6S/c18-9-12-15(11-8-10(19)3-4-13(11)22-16(12)20)14-2-1-6-23(14)17-21-5-7-24-17/h1-2,5-7,10H,3-4,8,19H2,(H2,20,22)/t10-/m1/s1. The van der Waals surface area contributed by atoms with Gasteiger partial charge in [-0.1, -0.05) is 0 Å². The summed E-state index contributed by atoms with van der Waals surface area (Å²) in [6.07, 6.45) is 6.09. The van der Waals surface area contributed by atoms with Gasteiger partial charge in [-0.25, -0.2) is 9.97 Å². The zero-order chi connectivity index (χ0) is 16.7. The maximum absolute atomic E-state index is 9.66. The summed E-state index contributed by atoms with van der Waals surface area (Å²) >= 11 is 1.54. The van der Waals surface area contributed by atoms with E-state index in [0.29, 0.717) is 12.0 Å². The van der Waals surface area contributed by atoms with E-state index >= 15 is 0 Å². The van der Waals surface area contributed by atoms with Crippen LogP contribution in [0.5, 0.6) is 0 Å². The van der Waals surface area contributed by atoms with Crippen molar-refractivity contribution >= 4 is 17.2 Å². The number of anilines is 1. The summed E-state index contributed by atoms with van der Waals surface area (Å²) in [6.45, 7) is 0. The molecule has 0 saturated heterocycles. The molecule has 0 bridgehead atoms. The highest BCUT2D eigenvalue weighted by atomic mass is 32.1. The molecule has 0 radical (unpaired) electrons. The van der Waals surface area contributed by atoms with E-state index in [9.17, 15) is 5.26 Å². The summed E-state index contributed by atoms with van der Waals surface area (Å²) in [7, 11) is 0. The highest BCUT2D eigenvalue weighted by Crippen LogP contribution is 2.37. The van der Waals surface area contributed by atoms with Gasteiger partial charge in [-0.05, 0) is 37.0 Å². The molecule has 1 atom stereocenters. The van der Waals surface area contributed by atoms with E-state index in [1.54, 1.807) is 17.5 Å². The molecule has 24 heavy (non-hydrogen) atoms. The van der Waals surface area contributed by atoms with Crippen LogP contribution in [0, 0.1) is 11.3 Å². The molecule has 0 amide bonds. The summed E-state index contributed by atoms with van der Waals surface area (Å²) in [5.41, 5.74) is 16.4. The number of aromatic nitrogens is 3. The van der Waals surface area contributed by atoms with Crippen LogP contribution in [0.15, 0.2) is 29.9 Å². The van der Waals surface area contributed by atoms with E-state index in [4.69, 9.17) is 11.5 Å². The fraction of sp³-hybridized carbons (Fsp3) is 0.235. The fourth-order valence-corrected chi connectivity index (χ4v) is 3.93. The number of aryl methyl sites for hydroxylation is 1. The molecule has 1 aliphatic carbocycles. The predicted octanol–water partition coefficient (Wildman–Crippen LogP) is 2.27. The topological polar surface area (TPSA) is 107 Å². The third-order valence-corrected chi connectivity index (χ3v) is 5.14. The van der Waals surface area contributed by atoms with E-state index in [1.807, 2.05) is 28.3 Å². The number of nitriles is 1. The summed E-state index contributed by atoms with van der Waals surface area (Å²) in [4.78, 5) is 8.84. The van der Waals surface area contributed by atoms with Crippen molar-refractivity contribution in [3.8, 4) is 22.5 Å². The minimum atomic E-state index is 0.0801. The first-order valence-electron chi connectivity index (χ1n) is 7.73. The third-order valence-electron chi connectivity index (χ3n) is 4.37. The Bertz CT molecular complexity index is 935. The van der Waals surface area contributed by atoms with Gasteiger partial charge >= 0.3 is 0 Å². The molecular weight excluding hydrogens is 320 g/mol. The first kappa shape index (κ1) is 14.9. The molecule has 120 valence electrons. The zero-order valence-electron chi connectivity index (χ0n) is 12.9. The maximum Gasteiger partial charge on any atom is 0.193 e. The lowest BCUT2D eigenvalue weighted by atomic mass is 9.86. The van der Waals surface area contributed by atoms with Crippen molar-refractivity contribution < 1.29 is 0 Å². The first-order chi connectivity index (χ1) is 11.7. The first-order valence-corrected chi connectivity index (χ1v) is 8.61. The number of nitrogen functional groups attached to an aromatic ring is 1. The van der Waals surface area contributed by atoms with Crippen LogP contribution < -0.4 is 11.5 Å². The van der Waals surface area contributed by atoms with E-state index < -0.39 is 0 Å². The van der Waals surface area contributed by atoms with Crippen LogP contribution in [-0.2, 0) is 12.8 Å². The van der Waals surface area contributed by atoms with Crippen LogP contribution in [0.2, 0.25) is 0 Å². The molecule has 6 nitrogen and oxygen atoms in total. The Balaban J connectivity index is 2.01. The van der Waals surface area contributed by atoms with Crippen molar-refractivity contribution in [2.24, 2.45) is 5.73 Å². The molecule has 7 heteroatoms. The number of hydrogen-bond acceptors (Lipinski definition) is 6. The minimum Gasteiger partial charge on any atom is -0.383 e. The van der Waals surface area contributed by atoms with Crippen LogP contribution >= 0.6 is 11.3 Å². The molecule has 4 N–H and O–H groups in total. The van der Waals surface area contributed by atoms with Crippen molar-refractivity contribution in [3.05, 3.63) is 46.7 Å². The van der Waals surface area contributed by atoms with Gasteiger partial charge in [0.25, 0.3) is 0 Å². The highest BCUT2D eigenvalue weighted by Gasteiger charge is 2.26. The average Bonchev–Trinajstić information content (AvgIpc) is 3.24. The van der Waals surface area contributed by atoms with Crippen LogP contribution in [0.3, 0.4) is 0 Å². The van der Waals surface area contributed by atoms with Crippen LogP contribution in [0.25, 0.3) is 16.4 Å². The molecular formula is C17H16N6S. The van der Waals surface area contributed by atoms with Crippen molar-refractivity contribution in [2.75, 3.05) is 5.73 Å². The molecule has 3 aromatic heterocycles. The number of nitrogens with two attached hydrogens (primary N) is 2. The van der Waals surface area contributed by atoms with Crippen LogP contribution in [0.1, 0.15) is 23.2 Å². The average molecular weight is 336 g/mol. The van der Waals surface area contributed by atoms with Gasteiger partial charge in [0.05, 0.1) is 5.69 Å². The number of pyridine rings is 1. The van der Waals surface area contributed by atoms with E-state index in [-0.39, 0.29) is 11.9 Å². The third kappa shape index (κ3) is 2.28. The summed E-state index contributed by atoms with van der Waals surface area (Å²) in [6, 6.07) is 6.24. The van der Waals surface area contributed by atoms with E-state index in [2.05, 4.69) is 16.0 Å². The second-order valence-electron chi connectivity index (χ2n) is 5.87. The monoisotopic (exact) mass is 336 g/mol. The van der Waals surface area contributed by atoms with Crippen molar-refractivity contribution in [3.63, 3.8) is 0 Å². The number of fused-ring (bicyclic) bond motifs is 1. The van der Waals surface area contributed by atoms with Gasteiger partial charge in [-0.15, -0.1) is 11.3 Å². The summed E-state index contributed by atoms with van der Waals surface area (Å²) in [5.74, 6) is 0.286. The van der Waals surface area contributed by atoms with E-state index in [0.717, 1.165) is 40.5 Å². The van der Waals surface area contributed by atoms with Gasteiger partial charge in [0.15, 0.2) is 5.13 Å². The zero-order valence-corrected chi connectivity index (χ0v) is 13.8. The van der Waals surface area contributed by atoms with Crippen molar-refractivity contribution in [1.29, 1.82) is 5.26 Å². The van der Waals surface area contributed by atoms with Gasteiger partial charge in [-0.3, -0.25) is 4.57 Å². The van der Waals surface area contributed by atoms with Gasteiger partial charge < -0.3 is 11.5 Å². The SMILES string of the molecule is N#Cc1c(N)nc2c(c1-c1cccn1-c1nccs1)C[C@H](N)CC2. The van der Waals surface area contributed by atoms with Gasteiger partial charge in [0.2, 0.25) is 0 Å². The molecule has 0 fully saturated rings. The molecule has 3 aromatic rings. The second-order valence-corrected chi connectivity index (χ2v) is 6.74. The normalized spacial score (nSPS) is 16.6. The lowest BCUT2D eigenvalue weighted by molar-refractivity contribution is 0.568. The van der Waals surface area contributed by atoms with Crippen LogP contribution in [-0.4, -0.2) is 20.6 Å². The molecule has 0 aromatic carbocycles. The lowest BCUT2D eigenvalue weighted by Gasteiger charge is -2.25. The van der Waals surface area contributed by atoms with Gasteiger partial charge in [0, 0.05) is 35.1 Å². The van der Waals surface area contributed by atoms with Crippen molar-refractivity contribution in [1.82, 2.24) is 14.5 Å². The predicted molar refractivity (Wildman–Crippen MR) is 93.8 cm³/mol. The Morgan fingerprint density at radius 3 is 3.04 bits per heavy atom. The van der Waals surface area contributed by atoms with Gasteiger partial charge in [-0.2, -0.15) is 5.26 Å². The number of hydrogen-bond donors (Lipinski definition) is 2. The molecule has 3 heterocycles. The Hall–Kier alpha value is -2.69. The second kappa shape index (κ2) is 5.74. The Kier molecular flexibility index (Phi) is 3.56. The highest BCUT2D eigenvalue weighted by molar-refractivity contribution is 7.12. The molecule has 0 aliphatic heterocycles. The molecule has 1 aliphatic rings. The summed E-state index contributed by atoms with van der Waals surface area (Å²) in [5, 5.41) is 12.4. The fourth-order valence-electron chi connectivity index (χ4n) is 3.29. The smallest absolute Gasteiger partial charge is 0.193 e. The molecule has 0 unspecified atom stereocenters. The van der Waals surface area contributed by atoms with Crippen LogP contribution in [0.4, 0.5) is 5.82 Å². The number of thiazole rings is 1. The van der Waals surface area contributed by atoms with Crippen molar-refractivity contribution in [2.45, 2.75) is 25.3 Å². The molecule has 0 spiro atoms. The minimum absolute atomic E-state index is 0.0801. The summed E-state index contributed by atoms with van der Waals surface area (Å²) < 4.78 is 1.99. The molecule has 0 saturated carbocycles. The van der Waals surface area contributed by atoms with Gasteiger partial charge in [0.1, 0.15) is 17.5 Å². The Morgan fingerprint density at radius 1 is 1.42 bits per heavy atom. The molecule has 4 rings (SSSR count). The number of rotatable bonds is 2.